The molecule has 0 aliphatic carbocycles. The molecular weight excluding hydrogens is 815 g/mol. The minimum atomic E-state index is 0. The molecule has 5 aromatic carbocycles. The Morgan fingerprint density at radius 3 is 2.23 bits per heavy atom. The Hall–Kier alpha value is -5.74. The van der Waals surface area contributed by atoms with E-state index < -0.39 is 0 Å². The van der Waals surface area contributed by atoms with Crippen LogP contribution >= 0.6 is 0 Å². The van der Waals surface area contributed by atoms with Crippen LogP contribution in [0.3, 0.4) is 0 Å². The predicted molar refractivity (Wildman–Crippen MR) is 209 cm³/mol. The van der Waals surface area contributed by atoms with Gasteiger partial charge in [0, 0.05) is 61.2 Å². The van der Waals surface area contributed by atoms with E-state index in [4.69, 9.17) is 9.40 Å². The quantitative estimate of drug-likeness (QED) is 0.166. The number of aromatic nitrogens is 3. The third kappa shape index (κ3) is 6.81. The number of nitrogens with zero attached hydrogens (tertiary/aromatic N) is 3. The van der Waals surface area contributed by atoms with Crippen LogP contribution in [0, 0.1) is 39.8 Å². The van der Waals surface area contributed by atoms with Gasteiger partial charge >= 0.3 is 0 Å². The summed E-state index contributed by atoms with van der Waals surface area (Å²) >= 11 is 0. The average Bonchev–Trinajstić information content (AvgIpc) is 3.55. The summed E-state index contributed by atoms with van der Waals surface area (Å²) in [5.41, 5.74) is 14.8. The maximum atomic E-state index is 6.68. The molecule has 255 valence electrons. The molecule has 0 saturated heterocycles. The summed E-state index contributed by atoms with van der Waals surface area (Å²) in [5.74, 6) is 0. The van der Waals surface area contributed by atoms with E-state index in [1.165, 1.54) is 22.3 Å². The van der Waals surface area contributed by atoms with Crippen LogP contribution in [0.1, 0.15) is 22.3 Å². The maximum absolute atomic E-state index is 6.68. The molecule has 4 aromatic heterocycles. The number of aryl methyl sites for hydroxylation is 4. The van der Waals surface area contributed by atoms with Gasteiger partial charge < -0.3 is 14.4 Å². The molecule has 5 heteroatoms. The number of furan rings is 1. The van der Waals surface area contributed by atoms with Crippen LogP contribution in [0.5, 0.6) is 0 Å². The van der Waals surface area contributed by atoms with Gasteiger partial charge in [-0.15, -0.1) is 53.6 Å². The molecule has 52 heavy (non-hydrogen) atoms. The molecule has 4 nitrogen and oxygen atoms in total. The van der Waals surface area contributed by atoms with Gasteiger partial charge in [-0.1, -0.05) is 84.1 Å². The molecule has 0 bridgehead atoms. The molecule has 0 unspecified atom stereocenters. The third-order valence-corrected chi connectivity index (χ3v) is 9.39. The second-order valence-corrected chi connectivity index (χ2v) is 13.0. The van der Waals surface area contributed by atoms with Gasteiger partial charge in [-0.25, -0.2) is 0 Å². The Morgan fingerprint density at radius 2 is 1.42 bits per heavy atom. The van der Waals surface area contributed by atoms with E-state index in [0.29, 0.717) is 0 Å². The Morgan fingerprint density at radius 1 is 0.558 bits per heavy atom. The minimum Gasteiger partial charge on any atom is -0.500 e. The number of fused-ring (bicyclic) bond motifs is 4. The van der Waals surface area contributed by atoms with Gasteiger partial charge in [0.1, 0.15) is 5.58 Å². The summed E-state index contributed by atoms with van der Waals surface area (Å²) in [6.07, 6.45) is 7.53. The van der Waals surface area contributed by atoms with Crippen LogP contribution in [0.4, 0.5) is 0 Å². The van der Waals surface area contributed by atoms with Gasteiger partial charge in [0.15, 0.2) is 0 Å². The van der Waals surface area contributed by atoms with E-state index >= 15 is 0 Å². The van der Waals surface area contributed by atoms with Gasteiger partial charge in [0.25, 0.3) is 0 Å². The first-order chi connectivity index (χ1) is 24.9. The van der Waals surface area contributed by atoms with Crippen LogP contribution in [-0.4, -0.2) is 15.0 Å². The van der Waals surface area contributed by atoms with E-state index in [1.807, 2.05) is 67.3 Å². The van der Waals surface area contributed by atoms with Crippen molar-refractivity contribution in [3.05, 3.63) is 174 Å². The second-order valence-electron chi connectivity index (χ2n) is 13.0. The van der Waals surface area contributed by atoms with Gasteiger partial charge in [-0.2, -0.15) is 0 Å². The van der Waals surface area contributed by atoms with Crippen LogP contribution < -0.4 is 0 Å². The molecular formula is C47H35IrN3O-2. The fourth-order valence-corrected chi connectivity index (χ4v) is 6.54. The van der Waals surface area contributed by atoms with Gasteiger partial charge in [-0.3, -0.25) is 4.98 Å². The summed E-state index contributed by atoms with van der Waals surface area (Å²) in [6, 6.07) is 46.2. The molecule has 0 fully saturated rings. The number of hydrogen-bond acceptors (Lipinski definition) is 4. The number of rotatable bonds is 4. The fourth-order valence-electron chi connectivity index (χ4n) is 6.54. The van der Waals surface area contributed by atoms with Crippen LogP contribution in [0.2, 0.25) is 0 Å². The second kappa shape index (κ2) is 14.9. The molecule has 0 saturated carbocycles. The molecule has 0 aliphatic heterocycles. The van der Waals surface area contributed by atoms with Crippen molar-refractivity contribution in [2.75, 3.05) is 0 Å². The number of pyridine rings is 3. The van der Waals surface area contributed by atoms with Crippen molar-refractivity contribution in [2.45, 2.75) is 27.7 Å². The topological polar surface area (TPSA) is 51.8 Å². The monoisotopic (exact) mass is 850 g/mol. The average molecular weight is 850 g/mol. The summed E-state index contributed by atoms with van der Waals surface area (Å²) in [6.45, 7) is 8.37. The molecule has 4 heterocycles. The third-order valence-electron chi connectivity index (χ3n) is 9.39. The Kier molecular flexibility index (Phi) is 9.91. The standard InChI is InChI=1S/C33H21N2O.C14H14N.Ir/c1-21-17-28(25-10-5-9-23-13-15-34-20-30(23)25)33-29(18-21)26-11-6-12-27(32(26)36-33)31-19-24(14-16-35-31)22-7-3-2-4-8-22;1-10-4-6-13(7-5-10)14-8-11(2)12(3)9-15-14;/h2-11,13-20H,1H3;4-6,8-9H,1-3H3;/q2*-1;. The smallest absolute Gasteiger partial charge is 0.128 e. The maximum Gasteiger partial charge on any atom is 0.128 e. The zero-order valence-corrected chi connectivity index (χ0v) is 31.8. The first-order valence-electron chi connectivity index (χ1n) is 17.1. The summed E-state index contributed by atoms with van der Waals surface area (Å²) in [5, 5.41) is 4.42. The molecule has 0 atom stereocenters. The van der Waals surface area contributed by atoms with Crippen LogP contribution in [0.25, 0.3) is 77.5 Å². The number of benzene rings is 5. The van der Waals surface area contributed by atoms with Gasteiger partial charge in [0.2, 0.25) is 0 Å². The first kappa shape index (κ1) is 34.7. The molecule has 9 aromatic rings. The Balaban J connectivity index is 0.000000222. The van der Waals surface area contributed by atoms with Crippen molar-refractivity contribution in [3.8, 4) is 44.8 Å². The van der Waals surface area contributed by atoms with Crippen molar-refractivity contribution in [2.24, 2.45) is 0 Å². The summed E-state index contributed by atoms with van der Waals surface area (Å²) in [4.78, 5) is 13.5. The fraction of sp³-hybridized carbons (Fsp3) is 0.0851. The SMILES string of the molecule is Cc1c[c-]c(-c2cc(C)c(C)cn2)cc1.Cc1cc(-c2cccc3ccncc23)c2oc3c(-c4cc(-c5ccccc5)ccn4)[c-]ccc3c2c1.[Ir]. The Bertz CT molecular complexity index is 2680. The Labute approximate surface area is 317 Å². The number of hydrogen-bond donors (Lipinski definition) is 0. The van der Waals surface area contributed by atoms with Crippen LogP contribution in [-0.2, 0) is 20.1 Å². The van der Waals surface area contributed by atoms with E-state index in [2.05, 4.69) is 123 Å². The van der Waals surface area contributed by atoms with E-state index in [-0.39, 0.29) is 20.1 Å². The predicted octanol–water partition coefficient (Wildman–Crippen LogP) is 12.1. The van der Waals surface area contributed by atoms with Crippen molar-refractivity contribution >= 4 is 32.7 Å². The molecule has 1 radical (unpaired) electrons. The zero-order chi connectivity index (χ0) is 34.9. The van der Waals surface area contributed by atoms with Crippen molar-refractivity contribution in [1.29, 1.82) is 0 Å². The van der Waals surface area contributed by atoms with E-state index in [9.17, 15) is 0 Å². The van der Waals surface area contributed by atoms with E-state index in [0.717, 1.165) is 77.5 Å². The van der Waals surface area contributed by atoms with Crippen molar-refractivity contribution in [1.82, 2.24) is 15.0 Å². The van der Waals surface area contributed by atoms with Crippen molar-refractivity contribution < 1.29 is 24.5 Å². The molecule has 0 N–H and O–H groups in total. The largest absolute Gasteiger partial charge is 0.500 e. The van der Waals surface area contributed by atoms with Gasteiger partial charge in [0.05, 0.1) is 5.58 Å². The van der Waals surface area contributed by atoms with Crippen molar-refractivity contribution in [3.63, 3.8) is 0 Å². The molecule has 0 aliphatic rings. The molecule has 0 spiro atoms. The first-order valence-corrected chi connectivity index (χ1v) is 17.1. The molecule has 9 rings (SSSR count). The zero-order valence-electron chi connectivity index (χ0n) is 29.4. The minimum absolute atomic E-state index is 0. The summed E-state index contributed by atoms with van der Waals surface area (Å²) in [7, 11) is 0. The normalized spacial score (nSPS) is 10.9. The molecule has 0 amide bonds. The van der Waals surface area contributed by atoms with Crippen LogP contribution in [0.15, 0.2) is 144 Å². The van der Waals surface area contributed by atoms with Gasteiger partial charge in [-0.05, 0) is 89.6 Å². The summed E-state index contributed by atoms with van der Waals surface area (Å²) < 4.78 is 6.68. The van der Waals surface area contributed by atoms with E-state index in [1.54, 1.807) is 0 Å².